The fourth-order valence-electron chi connectivity index (χ4n) is 5.49. The first kappa shape index (κ1) is 24.5. The second kappa shape index (κ2) is 9.01. The van der Waals surface area contributed by atoms with Gasteiger partial charge in [-0.1, -0.05) is 0 Å². The molecule has 36 heavy (non-hydrogen) atoms. The number of hydrogen-bond acceptors (Lipinski definition) is 7. The quantitative estimate of drug-likeness (QED) is 0.580. The monoisotopic (exact) mass is 496 g/mol. The number of anilines is 1. The number of amides is 1. The Morgan fingerprint density at radius 2 is 1.92 bits per heavy atom. The fraction of sp³-hybridized carbons (Fsp3) is 0.556. The number of ether oxygens (including phenoxy) is 2. The minimum absolute atomic E-state index is 0.0249. The van der Waals surface area contributed by atoms with Crippen molar-refractivity contribution < 1.29 is 23.5 Å². The lowest BCUT2D eigenvalue weighted by atomic mass is 9.86. The van der Waals surface area contributed by atoms with Crippen molar-refractivity contribution >= 4 is 17.7 Å². The van der Waals surface area contributed by atoms with Crippen molar-refractivity contribution in [3.63, 3.8) is 0 Å². The van der Waals surface area contributed by atoms with Crippen LogP contribution in [0.25, 0.3) is 0 Å². The van der Waals surface area contributed by atoms with E-state index in [9.17, 15) is 14.0 Å². The molecule has 2 aliphatic heterocycles. The highest BCUT2D eigenvalue weighted by molar-refractivity contribution is 5.82. The number of nitrogens with zero attached hydrogens (tertiary/aromatic N) is 4. The molecule has 1 aliphatic carbocycles. The molecule has 1 spiro atoms. The van der Waals surface area contributed by atoms with Crippen molar-refractivity contribution in [2.75, 3.05) is 31.1 Å². The fourth-order valence-corrected chi connectivity index (χ4v) is 5.49. The van der Waals surface area contributed by atoms with Gasteiger partial charge in [-0.05, 0) is 71.1 Å². The minimum atomic E-state index is -0.522. The molecule has 2 aromatic rings. The van der Waals surface area contributed by atoms with Crippen molar-refractivity contribution in [2.45, 2.75) is 58.5 Å². The maximum atomic E-state index is 14.1. The Hall–Kier alpha value is -3.23. The molecule has 5 rings (SSSR count). The maximum absolute atomic E-state index is 14.1. The Morgan fingerprint density at radius 1 is 1.14 bits per heavy atom. The van der Waals surface area contributed by atoms with Crippen LogP contribution >= 0.6 is 0 Å². The standard InChI is InChI=1S/C27H33FN4O4/c1-17(33)19-12-20(19)21-11-18(28)5-6-22(21)35-23-13-29-16-30-24(23)31-9-7-27(14-31)8-10-32(15-27)25(34)36-26(2,3)4/h5-6,11,13,16,19-20H,7-10,12,14-15H2,1-4H3. The molecule has 3 heterocycles. The molecule has 1 aromatic heterocycles. The number of aromatic nitrogens is 2. The Morgan fingerprint density at radius 3 is 2.64 bits per heavy atom. The van der Waals surface area contributed by atoms with E-state index in [1.807, 2.05) is 20.8 Å². The average molecular weight is 497 g/mol. The summed E-state index contributed by atoms with van der Waals surface area (Å²) < 4.78 is 25.9. The van der Waals surface area contributed by atoms with Crippen molar-refractivity contribution in [1.82, 2.24) is 14.9 Å². The van der Waals surface area contributed by atoms with Gasteiger partial charge >= 0.3 is 6.09 Å². The molecule has 0 bridgehead atoms. The summed E-state index contributed by atoms with van der Waals surface area (Å²) >= 11 is 0. The van der Waals surface area contributed by atoms with Gasteiger partial charge in [0.1, 0.15) is 29.3 Å². The lowest BCUT2D eigenvalue weighted by molar-refractivity contribution is -0.118. The molecule has 192 valence electrons. The summed E-state index contributed by atoms with van der Waals surface area (Å²) in [6.45, 7) is 10.0. The van der Waals surface area contributed by atoms with Crippen LogP contribution in [0.2, 0.25) is 0 Å². The lowest BCUT2D eigenvalue weighted by Crippen LogP contribution is -2.37. The van der Waals surface area contributed by atoms with Gasteiger partial charge in [0.05, 0.1) is 6.20 Å². The van der Waals surface area contributed by atoms with E-state index < -0.39 is 5.60 Å². The topological polar surface area (TPSA) is 84.9 Å². The predicted molar refractivity (Wildman–Crippen MR) is 132 cm³/mol. The van der Waals surface area contributed by atoms with Crippen LogP contribution in [0.1, 0.15) is 58.4 Å². The smallest absolute Gasteiger partial charge is 0.410 e. The minimum Gasteiger partial charge on any atom is -0.452 e. The van der Waals surface area contributed by atoms with E-state index in [4.69, 9.17) is 9.47 Å². The third-order valence-corrected chi connectivity index (χ3v) is 7.39. The Balaban J connectivity index is 1.32. The van der Waals surface area contributed by atoms with Crippen LogP contribution in [0, 0.1) is 17.2 Å². The van der Waals surface area contributed by atoms with Gasteiger partial charge in [0.15, 0.2) is 11.6 Å². The first-order valence-corrected chi connectivity index (χ1v) is 12.5. The SMILES string of the molecule is CC(=O)C1CC1c1cc(F)ccc1Oc1cncnc1N1CCC2(CCN(C(=O)OC(C)(C)C)C2)C1. The Labute approximate surface area is 210 Å². The van der Waals surface area contributed by atoms with E-state index in [1.165, 1.54) is 18.5 Å². The van der Waals surface area contributed by atoms with Gasteiger partial charge in [-0.3, -0.25) is 4.79 Å². The largest absolute Gasteiger partial charge is 0.452 e. The summed E-state index contributed by atoms with van der Waals surface area (Å²) in [7, 11) is 0. The number of benzene rings is 1. The summed E-state index contributed by atoms with van der Waals surface area (Å²) in [4.78, 5) is 37.1. The van der Waals surface area contributed by atoms with Gasteiger partial charge < -0.3 is 19.3 Å². The molecule has 3 fully saturated rings. The summed E-state index contributed by atoms with van der Waals surface area (Å²) in [5.74, 6) is 1.32. The number of carbonyl (C=O) groups excluding carboxylic acids is 2. The van der Waals surface area contributed by atoms with Crippen LogP contribution in [-0.2, 0) is 9.53 Å². The van der Waals surface area contributed by atoms with E-state index in [0.717, 1.165) is 25.9 Å². The van der Waals surface area contributed by atoms with Crippen LogP contribution in [0.5, 0.6) is 11.5 Å². The summed E-state index contributed by atoms with van der Waals surface area (Å²) in [6.07, 6.45) is 5.39. The molecule has 1 amide bonds. The van der Waals surface area contributed by atoms with E-state index in [-0.39, 0.29) is 34.9 Å². The van der Waals surface area contributed by atoms with Crippen LogP contribution < -0.4 is 9.64 Å². The molecule has 0 N–H and O–H groups in total. The van der Waals surface area contributed by atoms with Crippen molar-refractivity contribution in [1.29, 1.82) is 0 Å². The second-order valence-corrected chi connectivity index (χ2v) is 11.4. The highest BCUT2D eigenvalue weighted by atomic mass is 19.1. The number of rotatable bonds is 5. The van der Waals surface area contributed by atoms with Gasteiger partial charge in [0, 0.05) is 43.1 Å². The van der Waals surface area contributed by atoms with E-state index in [1.54, 1.807) is 24.1 Å². The number of Topliss-reactive ketones (excluding diaryl/α,β-unsaturated/α-hetero) is 1. The molecule has 9 heteroatoms. The molecule has 0 radical (unpaired) electrons. The van der Waals surface area contributed by atoms with Crippen LogP contribution in [0.4, 0.5) is 15.0 Å². The zero-order chi connectivity index (χ0) is 25.7. The van der Waals surface area contributed by atoms with Crippen molar-refractivity contribution in [3.8, 4) is 11.5 Å². The number of halogens is 1. The van der Waals surface area contributed by atoms with Gasteiger partial charge in [-0.2, -0.15) is 0 Å². The molecule has 1 aromatic carbocycles. The second-order valence-electron chi connectivity index (χ2n) is 11.4. The third kappa shape index (κ3) is 5.01. The molecular weight excluding hydrogens is 463 g/mol. The summed E-state index contributed by atoms with van der Waals surface area (Å²) in [5.41, 5.74) is 0.154. The summed E-state index contributed by atoms with van der Waals surface area (Å²) in [6, 6.07) is 4.43. The zero-order valence-electron chi connectivity index (χ0n) is 21.3. The van der Waals surface area contributed by atoms with Gasteiger partial charge in [0.25, 0.3) is 0 Å². The van der Waals surface area contributed by atoms with E-state index in [0.29, 0.717) is 42.4 Å². The first-order chi connectivity index (χ1) is 17.0. The average Bonchev–Trinajstić information content (AvgIpc) is 3.35. The number of ketones is 1. The first-order valence-electron chi connectivity index (χ1n) is 12.5. The molecule has 8 nitrogen and oxygen atoms in total. The highest BCUT2D eigenvalue weighted by Gasteiger charge is 2.47. The molecule has 3 aliphatic rings. The molecule has 3 unspecified atom stereocenters. The van der Waals surface area contributed by atoms with Crippen LogP contribution in [0.3, 0.4) is 0 Å². The molecule has 3 atom stereocenters. The van der Waals surface area contributed by atoms with Gasteiger partial charge in [-0.15, -0.1) is 0 Å². The lowest BCUT2D eigenvalue weighted by Gasteiger charge is -2.27. The molecule has 1 saturated carbocycles. The third-order valence-electron chi connectivity index (χ3n) is 7.39. The molecular formula is C27H33FN4O4. The van der Waals surface area contributed by atoms with E-state index >= 15 is 0 Å². The molecule has 2 saturated heterocycles. The predicted octanol–water partition coefficient (Wildman–Crippen LogP) is 4.94. The number of hydrogen-bond donors (Lipinski definition) is 0. The zero-order valence-corrected chi connectivity index (χ0v) is 21.3. The van der Waals surface area contributed by atoms with Gasteiger partial charge in [-0.25, -0.2) is 19.2 Å². The number of likely N-dealkylation sites (tertiary alicyclic amines) is 1. The van der Waals surface area contributed by atoms with Crippen LogP contribution in [0.15, 0.2) is 30.7 Å². The Bertz CT molecular complexity index is 1180. The van der Waals surface area contributed by atoms with Crippen LogP contribution in [-0.4, -0.2) is 58.5 Å². The highest BCUT2D eigenvalue weighted by Crippen LogP contribution is 2.52. The maximum Gasteiger partial charge on any atom is 0.410 e. The Kier molecular flexibility index (Phi) is 6.12. The normalized spacial score (nSPS) is 25.4. The van der Waals surface area contributed by atoms with Crippen molar-refractivity contribution in [2.24, 2.45) is 11.3 Å². The van der Waals surface area contributed by atoms with E-state index in [2.05, 4.69) is 14.9 Å². The summed E-state index contributed by atoms with van der Waals surface area (Å²) in [5, 5.41) is 0. The number of carbonyl (C=O) groups is 2. The van der Waals surface area contributed by atoms with Gasteiger partial charge in [0.2, 0.25) is 0 Å². The van der Waals surface area contributed by atoms with Crippen molar-refractivity contribution in [3.05, 3.63) is 42.1 Å².